The van der Waals surface area contributed by atoms with Crippen LogP contribution in [0.5, 0.6) is 5.75 Å². The lowest BCUT2D eigenvalue weighted by Gasteiger charge is -2.07. The van der Waals surface area contributed by atoms with Gasteiger partial charge in [-0.3, -0.25) is 0 Å². The molecule has 0 radical (unpaired) electrons. The fraction of sp³-hybridized carbons (Fsp3) is 0. The highest BCUT2D eigenvalue weighted by atomic mass is 19.1. The molecule has 0 aromatic heterocycles. The van der Waals surface area contributed by atoms with Crippen molar-refractivity contribution in [3.63, 3.8) is 0 Å². The minimum Gasteiger partial charge on any atom is -0.507 e. The monoisotopic (exact) mass is 231 g/mol. The molecule has 0 fully saturated rings. The summed E-state index contributed by atoms with van der Waals surface area (Å²) in [6, 6.07) is 10.6. The van der Waals surface area contributed by atoms with E-state index in [2.05, 4.69) is 5.16 Å². The van der Waals surface area contributed by atoms with E-state index in [0.717, 1.165) is 0 Å². The maximum atomic E-state index is 13.2. The third-order valence-corrected chi connectivity index (χ3v) is 2.41. The van der Waals surface area contributed by atoms with E-state index in [4.69, 9.17) is 5.21 Å². The third-order valence-electron chi connectivity index (χ3n) is 2.41. The van der Waals surface area contributed by atoms with Crippen molar-refractivity contribution in [3.8, 4) is 16.9 Å². The Hall–Kier alpha value is -2.36. The fourth-order valence-corrected chi connectivity index (χ4v) is 1.64. The number of oxime groups is 1. The lowest BCUT2D eigenvalue weighted by atomic mass is 9.99. The maximum Gasteiger partial charge on any atom is 0.124 e. The van der Waals surface area contributed by atoms with Crippen molar-refractivity contribution < 1.29 is 14.7 Å². The number of hydrogen-bond acceptors (Lipinski definition) is 3. The first-order chi connectivity index (χ1) is 8.22. The summed E-state index contributed by atoms with van der Waals surface area (Å²) in [5, 5.41) is 21.2. The zero-order valence-electron chi connectivity index (χ0n) is 8.84. The van der Waals surface area contributed by atoms with Gasteiger partial charge in [0.1, 0.15) is 11.6 Å². The standard InChI is InChI=1S/C13H10FNO2/c14-10-5-6-13(16)12(7-10)11-4-2-1-3-9(11)8-15-17/h1-8,16-17H. The number of aromatic hydroxyl groups is 1. The van der Waals surface area contributed by atoms with Crippen LogP contribution in [0, 0.1) is 5.82 Å². The Morgan fingerprint density at radius 1 is 1.06 bits per heavy atom. The highest BCUT2D eigenvalue weighted by Gasteiger charge is 2.08. The van der Waals surface area contributed by atoms with Crippen LogP contribution in [0.4, 0.5) is 4.39 Å². The molecule has 0 heterocycles. The molecule has 0 aliphatic rings. The van der Waals surface area contributed by atoms with Crippen molar-refractivity contribution in [1.82, 2.24) is 0 Å². The molecule has 2 N–H and O–H groups in total. The molecule has 0 aliphatic heterocycles. The predicted molar refractivity (Wildman–Crippen MR) is 62.9 cm³/mol. The molecule has 0 bridgehead atoms. The molecule has 17 heavy (non-hydrogen) atoms. The first kappa shape index (κ1) is 11.1. The second-order valence-corrected chi connectivity index (χ2v) is 3.49. The van der Waals surface area contributed by atoms with Gasteiger partial charge in [0, 0.05) is 11.1 Å². The number of phenolic OH excluding ortho intramolecular Hbond substituents is 1. The Balaban J connectivity index is 2.63. The lowest BCUT2D eigenvalue weighted by molar-refractivity contribution is 0.322. The fourth-order valence-electron chi connectivity index (χ4n) is 1.64. The molecule has 4 heteroatoms. The number of halogens is 1. The normalized spacial score (nSPS) is 10.9. The first-order valence-corrected chi connectivity index (χ1v) is 4.97. The summed E-state index contributed by atoms with van der Waals surface area (Å²) in [4.78, 5) is 0. The predicted octanol–water partition coefficient (Wildman–Crippen LogP) is 3.01. The van der Waals surface area contributed by atoms with Crippen molar-refractivity contribution >= 4 is 6.21 Å². The van der Waals surface area contributed by atoms with Gasteiger partial charge < -0.3 is 10.3 Å². The van der Waals surface area contributed by atoms with Crippen molar-refractivity contribution in [2.24, 2.45) is 5.16 Å². The topological polar surface area (TPSA) is 52.8 Å². The summed E-state index contributed by atoms with van der Waals surface area (Å²) < 4.78 is 13.2. The van der Waals surface area contributed by atoms with Crippen LogP contribution in [0.3, 0.4) is 0 Å². The molecule has 3 nitrogen and oxygen atoms in total. The Bertz CT molecular complexity index is 567. The Kier molecular flexibility index (Phi) is 3.05. The Labute approximate surface area is 97.5 Å². The van der Waals surface area contributed by atoms with E-state index in [1.54, 1.807) is 24.3 Å². The van der Waals surface area contributed by atoms with Gasteiger partial charge in [-0.05, 0) is 23.8 Å². The highest BCUT2D eigenvalue weighted by Crippen LogP contribution is 2.31. The number of phenols is 1. The molecule has 86 valence electrons. The summed E-state index contributed by atoms with van der Waals surface area (Å²) >= 11 is 0. The number of hydrogen-bond donors (Lipinski definition) is 2. The molecule has 0 amide bonds. The molecule has 2 rings (SSSR count). The third kappa shape index (κ3) is 2.25. The number of nitrogens with zero attached hydrogens (tertiary/aromatic N) is 1. The van der Waals surface area contributed by atoms with Gasteiger partial charge in [0.2, 0.25) is 0 Å². The Morgan fingerprint density at radius 3 is 2.59 bits per heavy atom. The van der Waals surface area contributed by atoms with Crippen LogP contribution in [0.1, 0.15) is 5.56 Å². The molecule has 0 atom stereocenters. The highest BCUT2D eigenvalue weighted by molar-refractivity contribution is 5.91. The zero-order chi connectivity index (χ0) is 12.3. The van der Waals surface area contributed by atoms with E-state index in [-0.39, 0.29) is 5.75 Å². The molecule has 0 saturated heterocycles. The van der Waals surface area contributed by atoms with Crippen LogP contribution in [-0.4, -0.2) is 16.5 Å². The quantitative estimate of drug-likeness (QED) is 0.474. The van der Waals surface area contributed by atoms with Crippen LogP contribution in [0.15, 0.2) is 47.6 Å². The van der Waals surface area contributed by atoms with Crippen LogP contribution in [0.2, 0.25) is 0 Å². The van der Waals surface area contributed by atoms with Crippen molar-refractivity contribution in [2.75, 3.05) is 0 Å². The summed E-state index contributed by atoms with van der Waals surface area (Å²) in [5.41, 5.74) is 1.55. The number of rotatable bonds is 2. The first-order valence-electron chi connectivity index (χ1n) is 4.97. The van der Waals surface area contributed by atoms with Gasteiger partial charge in [0.25, 0.3) is 0 Å². The smallest absolute Gasteiger partial charge is 0.124 e. The van der Waals surface area contributed by atoms with E-state index < -0.39 is 5.82 Å². The van der Waals surface area contributed by atoms with Crippen LogP contribution in [-0.2, 0) is 0 Å². The summed E-state index contributed by atoms with van der Waals surface area (Å²) in [7, 11) is 0. The molecular formula is C13H10FNO2. The SMILES string of the molecule is ON=Cc1ccccc1-c1cc(F)ccc1O. The minimum absolute atomic E-state index is 0.0230. The second kappa shape index (κ2) is 4.65. The molecule has 0 unspecified atom stereocenters. The largest absolute Gasteiger partial charge is 0.507 e. The van der Waals surface area contributed by atoms with Gasteiger partial charge in [-0.25, -0.2) is 4.39 Å². The van der Waals surface area contributed by atoms with E-state index in [1.807, 2.05) is 0 Å². The lowest BCUT2D eigenvalue weighted by Crippen LogP contribution is -1.89. The van der Waals surface area contributed by atoms with Crippen molar-refractivity contribution in [3.05, 3.63) is 53.8 Å². The minimum atomic E-state index is -0.437. The summed E-state index contributed by atoms with van der Waals surface area (Å²) in [6.07, 6.45) is 1.24. The molecular weight excluding hydrogens is 221 g/mol. The van der Waals surface area contributed by atoms with Gasteiger partial charge in [0.15, 0.2) is 0 Å². The van der Waals surface area contributed by atoms with E-state index in [1.165, 1.54) is 24.4 Å². The van der Waals surface area contributed by atoms with Gasteiger partial charge in [-0.1, -0.05) is 29.4 Å². The number of benzene rings is 2. The van der Waals surface area contributed by atoms with Crippen LogP contribution >= 0.6 is 0 Å². The zero-order valence-corrected chi connectivity index (χ0v) is 8.84. The van der Waals surface area contributed by atoms with Gasteiger partial charge in [-0.2, -0.15) is 0 Å². The second-order valence-electron chi connectivity index (χ2n) is 3.49. The summed E-state index contributed by atoms with van der Waals surface area (Å²) in [6.45, 7) is 0. The summed E-state index contributed by atoms with van der Waals surface area (Å²) in [5.74, 6) is -0.460. The molecule has 0 aliphatic carbocycles. The van der Waals surface area contributed by atoms with Crippen LogP contribution in [0.25, 0.3) is 11.1 Å². The van der Waals surface area contributed by atoms with Gasteiger partial charge >= 0.3 is 0 Å². The van der Waals surface area contributed by atoms with Crippen LogP contribution < -0.4 is 0 Å². The van der Waals surface area contributed by atoms with E-state index >= 15 is 0 Å². The molecule has 0 spiro atoms. The van der Waals surface area contributed by atoms with Crippen molar-refractivity contribution in [2.45, 2.75) is 0 Å². The Morgan fingerprint density at radius 2 is 1.82 bits per heavy atom. The van der Waals surface area contributed by atoms with E-state index in [0.29, 0.717) is 16.7 Å². The van der Waals surface area contributed by atoms with Gasteiger partial charge in [-0.15, -0.1) is 0 Å². The molecule has 2 aromatic carbocycles. The maximum absolute atomic E-state index is 13.2. The van der Waals surface area contributed by atoms with Crippen molar-refractivity contribution in [1.29, 1.82) is 0 Å². The van der Waals surface area contributed by atoms with Gasteiger partial charge in [0.05, 0.1) is 6.21 Å². The average Bonchev–Trinajstić information content (AvgIpc) is 2.34. The molecule has 2 aromatic rings. The molecule has 0 saturated carbocycles. The van der Waals surface area contributed by atoms with E-state index in [9.17, 15) is 9.50 Å². The average molecular weight is 231 g/mol.